The monoisotopic (exact) mass is 599 g/mol. The van der Waals surface area contributed by atoms with Gasteiger partial charge in [-0.1, -0.05) is 72.8 Å². The Balaban J connectivity index is 1.48. The van der Waals surface area contributed by atoms with Crippen LogP contribution in [0.15, 0.2) is 78.9 Å². The van der Waals surface area contributed by atoms with Gasteiger partial charge in [0.15, 0.2) is 0 Å². The minimum Gasteiger partial charge on any atom is -0.444 e. The first-order chi connectivity index (χ1) is 20.9. The van der Waals surface area contributed by atoms with Crippen LogP contribution in [0.5, 0.6) is 0 Å². The second-order valence-corrected chi connectivity index (χ2v) is 12.3. The van der Waals surface area contributed by atoms with Gasteiger partial charge in [0.2, 0.25) is 5.91 Å². The summed E-state index contributed by atoms with van der Waals surface area (Å²) in [6, 6.07) is 25.7. The smallest absolute Gasteiger partial charge is 0.410 e. The van der Waals surface area contributed by atoms with Crippen molar-refractivity contribution in [3.63, 3.8) is 0 Å². The van der Waals surface area contributed by atoms with Gasteiger partial charge in [-0.2, -0.15) is 0 Å². The summed E-state index contributed by atoms with van der Waals surface area (Å²) < 4.78 is 5.65. The molecule has 1 aliphatic heterocycles. The molecule has 234 valence electrons. The molecule has 0 spiro atoms. The Hall–Kier alpha value is -4.21. The van der Waals surface area contributed by atoms with Crippen molar-refractivity contribution in [2.75, 3.05) is 38.1 Å². The lowest BCUT2D eigenvalue weighted by Gasteiger charge is -2.33. The molecule has 1 N–H and O–H groups in total. The molecule has 3 aromatic carbocycles. The number of fused-ring (bicyclic) bond motifs is 1. The quantitative estimate of drug-likeness (QED) is 0.322. The predicted molar refractivity (Wildman–Crippen MR) is 174 cm³/mol. The summed E-state index contributed by atoms with van der Waals surface area (Å²) in [7, 11) is 1.76. The van der Waals surface area contributed by atoms with Crippen LogP contribution >= 0.6 is 0 Å². The summed E-state index contributed by atoms with van der Waals surface area (Å²) in [5.41, 5.74) is 4.40. The summed E-state index contributed by atoms with van der Waals surface area (Å²) in [6.45, 7) is 11.2. The first-order valence-corrected chi connectivity index (χ1v) is 15.2. The summed E-state index contributed by atoms with van der Waals surface area (Å²) in [5.74, 6) is -0.331. The Bertz CT molecular complexity index is 1410. The van der Waals surface area contributed by atoms with Gasteiger partial charge in [0.1, 0.15) is 5.60 Å². The maximum Gasteiger partial charge on any atom is 0.410 e. The van der Waals surface area contributed by atoms with E-state index in [4.69, 9.17) is 4.74 Å². The lowest BCUT2D eigenvalue weighted by atomic mass is 10.0. The number of hydrogen-bond donors (Lipinski definition) is 1. The molecule has 9 heteroatoms. The Labute approximate surface area is 261 Å². The molecule has 0 atom stereocenters. The van der Waals surface area contributed by atoms with E-state index < -0.39 is 11.7 Å². The van der Waals surface area contributed by atoms with Gasteiger partial charge in [-0.15, -0.1) is 0 Å². The van der Waals surface area contributed by atoms with Crippen molar-refractivity contribution in [1.82, 2.24) is 20.2 Å². The zero-order valence-corrected chi connectivity index (χ0v) is 26.7. The number of hydrazine groups is 1. The Morgan fingerprint density at radius 1 is 0.818 bits per heavy atom. The number of ether oxygens (including phenoxy) is 1. The van der Waals surface area contributed by atoms with Gasteiger partial charge < -0.3 is 14.5 Å². The number of hydrogen-bond acceptors (Lipinski definition) is 6. The van der Waals surface area contributed by atoms with Crippen LogP contribution < -0.4 is 10.2 Å². The molecule has 0 saturated carbocycles. The van der Waals surface area contributed by atoms with Crippen LogP contribution in [0.1, 0.15) is 45.7 Å². The summed E-state index contributed by atoms with van der Waals surface area (Å²) >= 11 is 0. The van der Waals surface area contributed by atoms with E-state index in [1.54, 1.807) is 21.9 Å². The number of amides is 3. The molecule has 0 saturated heterocycles. The van der Waals surface area contributed by atoms with Gasteiger partial charge in [-0.05, 0) is 57.4 Å². The number of para-hydroxylation sites is 1. The number of carbonyl (C=O) groups excluding carboxylic acids is 3. The van der Waals surface area contributed by atoms with Crippen LogP contribution in [0.2, 0.25) is 0 Å². The maximum atomic E-state index is 13.9. The van der Waals surface area contributed by atoms with Crippen molar-refractivity contribution in [2.24, 2.45) is 0 Å². The second-order valence-electron chi connectivity index (χ2n) is 12.3. The topological polar surface area (TPSA) is 85.4 Å². The number of benzene rings is 3. The van der Waals surface area contributed by atoms with Crippen LogP contribution in [0.25, 0.3) is 11.1 Å². The first kappa shape index (κ1) is 32.7. The lowest BCUT2D eigenvalue weighted by molar-refractivity contribution is -0.145. The number of nitrogens with one attached hydrogen (secondary N) is 1. The summed E-state index contributed by atoms with van der Waals surface area (Å²) in [4.78, 5) is 43.3. The molecule has 1 aliphatic rings. The molecule has 0 bridgehead atoms. The fourth-order valence-corrected chi connectivity index (χ4v) is 5.21. The van der Waals surface area contributed by atoms with E-state index in [2.05, 4.69) is 17.4 Å². The number of nitrogens with zero attached hydrogens (tertiary/aromatic N) is 4. The first-order valence-electron chi connectivity index (χ1n) is 15.2. The molecule has 3 aromatic rings. The molecule has 0 aromatic heterocycles. The summed E-state index contributed by atoms with van der Waals surface area (Å²) in [5, 5.41) is 6.69. The minimum atomic E-state index is -0.638. The van der Waals surface area contributed by atoms with Crippen LogP contribution in [0.3, 0.4) is 0 Å². The number of likely N-dealkylation sites (N-methyl/N-ethyl adjacent to an activating group) is 1. The Morgan fingerprint density at radius 2 is 1.39 bits per heavy atom. The Kier molecular flexibility index (Phi) is 10.8. The van der Waals surface area contributed by atoms with E-state index in [1.165, 1.54) is 11.1 Å². The number of rotatable bonds is 11. The average molecular weight is 600 g/mol. The number of carbonyl (C=O) groups is 3. The van der Waals surface area contributed by atoms with Gasteiger partial charge >= 0.3 is 6.09 Å². The molecular weight excluding hydrogens is 554 g/mol. The van der Waals surface area contributed by atoms with Gasteiger partial charge in [0.05, 0.1) is 18.8 Å². The summed E-state index contributed by atoms with van der Waals surface area (Å²) in [6.07, 6.45) is -0.424. The number of anilines is 1. The van der Waals surface area contributed by atoms with Crippen molar-refractivity contribution in [3.8, 4) is 11.1 Å². The molecule has 9 nitrogen and oxygen atoms in total. The highest BCUT2D eigenvalue weighted by atomic mass is 16.6. The molecule has 3 amide bonds. The van der Waals surface area contributed by atoms with Crippen molar-refractivity contribution in [2.45, 2.75) is 59.4 Å². The zero-order valence-electron chi connectivity index (χ0n) is 26.7. The van der Waals surface area contributed by atoms with Gasteiger partial charge in [-0.25, -0.2) is 9.80 Å². The van der Waals surface area contributed by atoms with Crippen LogP contribution in [0.4, 0.5) is 10.5 Å². The molecule has 0 radical (unpaired) electrons. The van der Waals surface area contributed by atoms with E-state index in [0.29, 0.717) is 13.1 Å². The van der Waals surface area contributed by atoms with Gasteiger partial charge in [-0.3, -0.25) is 19.9 Å². The fourth-order valence-electron chi connectivity index (χ4n) is 5.21. The standard InChI is InChI=1S/C35H45N5O4/c1-26(2)39(34(43)44-35(3,4)5)20-21-40(31-19-13-12-18-30(31)27-14-8-7-9-15-27)33(42)23-36-22-32(41)37(6)38-24-28-16-10-11-17-29(28)25-38/h7-19,26,36H,20-25H2,1-6H3. The molecule has 44 heavy (non-hydrogen) atoms. The van der Waals surface area contributed by atoms with Crippen molar-refractivity contribution in [3.05, 3.63) is 90.0 Å². The van der Waals surface area contributed by atoms with Crippen LogP contribution in [-0.4, -0.2) is 77.7 Å². The third-order valence-electron chi connectivity index (χ3n) is 7.56. The van der Waals surface area contributed by atoms with Gasteiger partial charge in [0.25, 0.3) is 5.91 Å². The van der Waals surface area contributed by atoms with E-state index in [1.807, 2.05) is 106 Å². The second kappa shape index (κ2) is 14.5. The minimum absolute atomic E-state index is 0.0132. The third-order valence-corrected chi connectivity index (χ3v) is 7.56. The molecule has 0 fully saturated rings. The largest absolute Gasteiger partial charge is 0.444 e. The molecule has 4 rings (SSSR count). The molecule has 1 heterocycles. The van der Waals surface area contributed by atoms with E-state index in [0.717, 1.165) is 16.8 Å². The maximum absolute atomic E-state index is 13.9. The lowest BCUT2D eigenvalue weighted by Crippen LogP contribution is -2.49. The molecule has 0 aliphatic carbocycles. The van der Waals surface area contributed by atoms with E-state index in [-0.39, 0.29) is 44.0 Å². The highest BCUT2D eigenvalue weighted by Gasteiger charge is 2.28. The highest BCUT2D eigenvalue weighted by Crippen LogP contribution is 2.31. The molecule has 0 unspecified atom stereocenters. The van der Waals surface area contributed by atoms with Crippen molar-refractivity contribution < 1.29 is 19.1 Å². The van der Waals surface area contributed by atoms with Crippen LogP contribution in [-0.2, 0) is 27.4 Å². The Morgan fingerprint density at radius 3 is 2.00 bits per heavy atom. The van der Waals surface area contributed by atoms with Crippen molar-refractivity contribution >= 4 is 23.6 Å². The SMILES string of the molecule is CC(C)N(CCN(C(=O)CNCC(=O)N(C)N1Cc2ccccc2C1)c1ccccc1-c1ccccc1)C(=O)OC(C)(C)C. The van der Waals surface area contributed by atoms with E-state index >= 15 is 0 Å². The average Bonchev–Trinajstić information content (AvgIpc) is 3.42. The van der Waals surface area contributed by atoms with Crippen LogP contribution in [0, 0.1) is 0 Å². The molecular formula is C35H45N5O4. The normalized spacial score (nSPS) is 13.0. The highest BCUT2D eigenvalue weighted by molar-refractivity contribution is 5.99. The van der Waals surface area contributed by atoms with Crippen molar-refractivity contribution in [1.29, 1.82) is 0 Å². The zero-order chi connectivity index (χ0) is 31.9. The van der Waals surface area contributed by atoms with Gasteiger partial charge in [0, 0.05) is 44.8 Å². The third kappa shape index (κ3) is 8.45. The predicted octanol–water partition coefficient (Wildman–Crippen LogP) is 5.31. The fraction of sp³-hybridized carbons (Fsp3) is 0.400. The van der Waals surface area contributed by atoms with E-state index in [9.17, 15) is 14.4 Å².